The topological polar surface area (TPSA) is 144 Å². The first-order valence-electron chi connectivity index (χ1n) is 17.3. The first-order chi connectivity index (χ1) is 27.1. The number of aromatic nitrogens is 2. The van der Waals surface area contributed by atoms with Gasteiger partial charge in [0, 0.05) is 54.0 Å². The number of halogens is 2. The van der Waals surface area contributed by atoms with Crippen molar-refractivity contribution in [3.8, 4) is 35.1 Å². The van der Waals surface area contributed by atoms with Gasteiger partial charge in [0.2, 0.25) is 0 Å². The van der Waals surface area contributed by atoms with E-state index in [1.165, 1.54) is 24.5 Å². The van der Waals surface area contributed by atoms with E-state index in [-0.39, 0.29) is 58.4 Å². The molecule has 0 fully saturated rings. The van der Waals surface area contributed by atoms with Crippen molar-refractivity contribution >= 4 is 35.8 Å². The summed E-state index contributed by atoms with van der Waals surface area (Å²) in [4.78, 5) is 32.0. The van der Waals surface area contributed by atoms with Gasteiger partial charge in [-0.25, -0.2) is 0 Å². The highest BCUT2D eigenvalue weighted by molar-refractivity contribution is 6.32. The normalized spacial score (nSPS) is 15.8. The third-order valence-electron chi connectivity index (χ3n) is 9.57. The second kappa shape index (κ2) is 17.3. The summed E-state index contributed by atoms with van der Waals surface area (Å²) < 4.78 is 25.0. The molecule has 0 saturated carbocycles. The van der Waals surface area contributed by atoms with Gasteiger partial charge in [-0.1, -0.05) is 59.6 Å². The number of nitriles is 2. The molecule has 0 N–H and O–H groups in total. The zero-order valence-electron chi connectivity index (χ0n) is 30.6. The van der Waals surface area contributed by atoms with Gasteiger partial charge in [0.05, 0.1) is 32.3 Å². The maximum atomic E-state index is 12.0. The molecule has 2 heterocycles. The highest BCUT2D eigenvalue weighted by atomic mass is 35.5. The maximum absolute atomic E-state index is 12.0. The van der Waals surface area contributed by atoms with Crippen LogP contribution in [0.3, 0.4) is 0 Å². The van der Waals surface area contributed by atoms with Gasteiger partial charge in [0.15, 0.2) is 12.6 Å². The largest absolute Gasteiger partial charge is 0.488 e. The lowest BCUT2D eigenvalue weighted by atomic mass is 9.74. The summed E-state index contributed by atoms with van der Waals surface area (Å²) >= 11 is 13.3. The molecule has 0 spiro atoms. The molecule has 1 aliphatic rings. The molecule has 56 heavy (non-hydrogen) atoms. The zero-order chi connectivity index (χ0) is 39.8. The number of hydrogen-bond acceptors (Lipinski definition) is 10. The highest BCUT2D eigenvalue weighted by Gasteiger charge is 2.41. The van der Waals surface area contributed by atoms with Gasteiger partial charge in [-0.3, -0.25) is 19.6 Å². The molecular weight excluding hydrogens is 751 g/mol. The van der Waals surface area contributed by atoms with Crippen molar-refractivity contribution < 1.29 is 28.5 Å². The van der Waals surface area contributed by atoms with Crippen molar-refractivity contribution in [3.63, 3.8) is 0 Å². The molecule has 2 atom stereocenters. The van der Waals surface area contributed by atoms with Gasteiger partial charge in [0.25, 0.3) is 0 Å². The minimum Gasteiger partial charge on any atom is -0.488 e. The van der Waals surface area contributed by atoms with Crippen molar-refractivity contribution in [2.75, 3.05) is 0 Å². The number of nitrogens with zero attached hydrogens (tertiary/aromatic N) is 4. The number of pyridine rings is 2. The zero-order valence-corrected chi connectivity index (χ0v) is 32.1. The minimum atomic E-state index is -0.921. The number of carbonyl (C=O) groups is 2. The predicted octanol–water partition coefficient (Wildman–Crippen LogP) is 9.63. The van der Waals surface area contributed by atoms with Crippen LogP contribution >= 0.6 is 23.2 Å². The van der Waals surface area contributed by atoms with Crippen LogP contribution in [-0.2, 0) is 19.8 Å². The number of ether oxygens (including phenoxy) is 4. The summed E-state index contributed by atoms with van der Waals surface area (Å²) in [5.74, 6) is 0.912. The van der Waals surface area contributed by atoms with E-state index in [1.807, 2.05) is 57.2 Å². The molecular formula is C44H34Cl2N4O6. The quantitative estimate of drug-likeness (QED) is 0.0998. The molecule has 2 unspecified atom stereocenters. The van der Waals surface area contributed by atoms with Crippen LogP contribution in [0, 0.1) is 29.6 Å². The van der Waals surface area contributed by atoms with E-state index in [0.717, 1.165) is 22.3 Å². The van der Waals surface area contributed by atoms with Crippen LogP contribution in [0.25, 0.3) is 0 Å². The van der Waals surface area contributed by atoms with Crippen molar-refractivity contribution in [3.05, 3.63) is 163 Å². The Bertz CT molecular complexity index is 2470. The third kappa shape index (κ3) is 8.58. The molecule has 12 heteroatoms. The summed E-state index contributed by atoms with van der Waals surface area (Å²) in [7, 11) is 0. The second-order valence-electron chi connectivity index (χ2n) is 13.2. The molecule has 0 saturated heterocycles. The van der Waals surface area contributed by atoms with Crippen LogP contribution in [0.4, 0.5) is 0 Å². The number of benzene rings is 3. The van der Waals surface area contributed by atoms with Crippen LogP contribution < -0.4 is 18.9 Å². The van der Waals surface area contributed by atoms with Crippen LogP contribution in [-0.4, -0.2) is 28.1 Å². The summed E-state index contributed by atoms with van der Waals surface area (Å²) in [5.41, 5.74) is 5.46. The molecule has 6 rings (SSSR count). The van der Waals surface area contributed by atoms with E-state index < -0.39 is 5.60 Å². The number of rotatable bonds is 14. The van der Waals surface area contributed by atoms with Crippen LogP contribution in [0.1, 0.15) is 79.4 Å². The third-order valence-corrected chi connectivity index (χ3v) is 10.2. The molecule has 3 aromatic carbocycles. The molecule has 1 aliphatic carbocycles. The molecule has 2 aromatic heterocycles. The predicted molar refractivity (Wildman–Crippen MR) is 210 cm³/mol. The van der Waals surface area contributed by atoms with E-state index in [2.05, 4.69) is 22.1 Å². The highest BCUT2D eigenvalue weighted by Crippen LogP contribution is 2.45. The number of allylic oxidation sites excluding steroid dienone is 2. The van der Waals surface area contributed by atoms with Crippen molar-refractivity contribution in [2.45, 2.75) is 52.1 Å². The molecule has 280 valence electrons. The van der Waals surface area contributed by atoms with Gasteiger partial charge in [-0.2, -0.15) is 10.5 Å². The van der Waals surface area contributed by atoms with Gasteiger partial charge >= 0.3 is 0 Å². The number of hydrogen-bond donors (Lipinski definition) is 0. The number of carbonyl (C=O) groups excluding carboxylic acids is 2. The molecule has 5 aromatic rings. The first-order valence-corrected chi connectivity index (χ1v) is 18.1. The maximum Gasteiger partial charge on any atom is 0.153 e. The summed E-state index contributed by atoms with van der Waals surface area (Å²) in [6.45, 7) is 6.28. The van der Waals surface area contributed by atoms with Crippen molar-refractivity contribution in [1.29, 1.82) is 10.5 Å². The first kappa shape index (κ1) is 39.2. The lowest BCUT2D eigenvalue weighted by molar-refractivity contribution is 0.108. The lowest BCUT2D eigenvalue weighted by Gasteiger charge is -2.40. The Morgan fingerprint density at radius 2 is 1.30 bits per heavy atom. The fourth-order valence-corrected chi connectivity index (χ4v) is 6.77. The Labute approximate surface area is 334 Å². The average molecular weight is 786 g/mol. The van der Waals surface area contributed by atoms with Crippen molar-refractivity contribution in [1.82, 2.24) is 9.97 Å². The molecule has 0 radical (unpaired) electrons. The molecule has 0 aliphatic heterocycles. The molecule has 0 amide bonds. The van der Waals surface area contributed by atoms with E-state index in [0.29, 0.717) is 46.3 Å². The Kier molecular flexibility index (Phi) is 12.2. The molecule has 0 bridgehead atoms. The monoisotopic (exact) mass is 784 g/mol. The molecule has 10 nitrogen and oxygen atoms in total. The Balaban J connectivity index is 1.23. The summed E-state index contributed by atoms with van der Waals surface area (Å²) in [5, 5.41) is 18.9. The van der Waals surface area contributed by atoms with Gasteiger partial charge < -0.3 is 18.9 Å². The Morgan fingerprint density at radius 3 is 1.88 bits per heavy atom. The smallest absolute Gasteiger partial charge is 0.153 e. The van der Waals surface area contributed by atoms with Gasteiger partial charge in [-0.15, -0.1) is 0 Å². The summed E-state index contributed by atoms with van der Waals surface area (Å²) in [6, 6.07) is 19.6. The Morgan fingerprint density at radius 1 is 0.750 bits per heavy atom. The van der Waals surface area contributed by atoms with E-state index in [4.69, 9.17) is 42.1 Å². The number of aldehydes is 2. The fraction of sp³-hybridized carbons (Fsp3) is 0.182. The standard InChI is InChI=1S/C44H34Cl2N4O6/c1-27-6-4-9-37(44(27,3)56-43-15-41(35(23-52)13-39(43)46)54-25-32-11-30(17-48)19-50-21-32)36-8-5-7-33(28(36)2)26-55-42-14-40(34(22-51)12-38(42)45)53-24-31-10-29(16-47)18-49-20-31/h4-15,18-23,37H,24-26H2,1-3H3. The second-order valence-corrected chi connectivity index (χ2v) is 14.0. The van der Waals surface area contributed by atoms with E-state index in [9.17, 15) is 20.1 Å². The van der Waals surface area contributed by atoms with Crippen LogP contribution in [0.2, 0.25) is 10.0 Å². The van der Waals surface area contributed by atoms with Crippen LogP contribution in [0.5, 0.6) is 23.0 Å². The van der Waals surface area contributed by atoms with Gasteiger partial charge in [0.1, 0.15) is 60.6 Å². The Hall–Kier alpha value is -6.46. The van der Waals surface area contributed by atoms with E-state index in [1.54, 1.807) is 36.7 Å². The van der Waals surface area contributed by atoms with E-state index >= 15 is 0 Å². The summed E-state index contributed by atoms with van der Waals surface area (Å²) in [6.07, 6.45) is 13.5. The van der Waals surface area contributed by atoms with Crippen LogP contribution in [0.15, 0.2) is 103 Å². The minimum absolute atomic E-state index is 0.0658. The fourth-order valence-electron chi connectivity index (χ4n) is 6.33. The SMILES string of the molecule is CC1=CC=CC(c2cccc(COc3cc(OCc4cncc(C#N)c4)c(C=O)cc3Cl)c2C)C1(C)Oc1cc(OCc2cncc(C#N)c2)c(C=O)cc1Cl. The van der Waals surface area contributed by atoms with Crippen molar-refractivity contribution in [2.24, 2.45) is 0 Å². The average Bonchev–Trinajstić information content (AvgIpc) is 3.21. The van der Waals surface area contributed by atoms with Gasteiger partial charge in [-0.05, 0) is 67.3 Å². The lowest BCUT2D eigenvalue weighted by Crippen LogP contribution is -2.41.